The highest BCUT2D eigenvalue weighted by molar-refractivity contribution is 5.96. The average Bonchev–Trinajstić information content (AvgIpc) is 2.58. The van der Waals surface area contributed by atoms with Crippen LogP contribution in [0.25, 0.3) is 0 Å². The minimum absolute atomic E-state index is 0.00150. The van der Waals surface area contributed by atoms with Gasteiger partial charge in [0.15, 0.2) is 0 Å². The summed E-state index contributed by atoms with van der Waals surface area (Å²) in [5, 5.41) is 4.83. The minimum atomic E-state index is -4.49. The molecule has 0 aliphatic heterocycles. The lowest BCUT2D eigenvalue weighted by molar-refractivity contribution is -0.137. The van der Waals surface area contributed by atoms with E-state index in [1.165, 1.54) is 0 Å². The number of H-pyrrole nitrogens is 1. The molecule has 0 spiro atoms. The smallest absolute Gasteiger partial charge is 0.350 e. The first-order valence-corrected chi connectivity index (χ1v) is 7.99. The molecular formula is C18H18F3N3O3. The van der Waals surface area contributed by atoms with Gasteiger partial charge in [-0.15, -0.1) is 0 Å². The molecule has 27 heavy (non-hydrogen) atoms. The van der Waals surface area contributed by atoms with E-state index >= 15 is 0 Å². The van der Waals surface area contributed by atoms with Crippen LogP contribution in [0.4, 0.5) is 13.2 Å². The first kappa shape index (κ1) is 20.2. The Morgan fingerprint density at radius 3 is 2.26 bits per heavy atom. The molecule has 0 bridgehead atoms. The quantitative estimate of drug-likeness (QED) is 0.740. The fourth-order valence-electron chi connectivity index (χ4n) is 2.42. The SMILES string of the molecule is Cc1cc(C)c(CNC(=O)CNC(=O)c2ccc(C(F)(F)F)cc2)c(=O)[nH]1. The molecule has 0 aliphatic carbocycles. The maximum atomic E-state index is 12.5. The maximum absolute atomic E-state index is 12.5. The second-order valence-electron chi connectivity index (χ2n) is 5.98. The normalized spacial score (nSPS) is 11.1. The van der Waals surface area contributed by atoms with E-state index in [0.717, 1.165) is 29.8 Å². The Morgan fingerprint density at radius 1 is 1.07 bits per heavy atom. The highest BCUT2D eigenvalue weighted by atomic mass is 19.4. The van der Waals surface area contributed by atoms with Crippen LogP contribution in [-0.4, -0.2) is 23.3 Å². The second kappa shape index (κ2) is 8.07. The lowest BCUT2D eigenvalue weighted by Gasteiger charge is -2.10. The summed E-state index contributed by atoms with van der Waals surface area (Å²) < 4.78 is 37.5. The van der Waals surface area contributed by atoms with E-state index in [-0.39, 0.29) is 24.2 Å². The summed E-state index contributed by atoms with van der Waals surface area (Å²) >= 11 is 0. The van der Waals surface area contributed by atoms with Gasteiger partial charge in [0.25, 0.3) is 11.5 Å². The third-order valence-corrected chi connectivity index (χ3v) is 3.84. The molecule has 144 valence electrons. The Hall–Kier alpha value is -3.10. The maximum Gasteiger partial charge on any atom is 0.416 e. The van der Waals surface area contributed by atoms with Crippen molar-refractivity contribution in [3.05, 3.63) is 68.6 Å². The van der Waals surface area contributed by atoms with Crippen molar-refractivity contribution in [2.75, 3.05) is 6.54 Å². The summed E-state index contributed by atoms with van der Waals surface area (Å²) in [5.74, 6) is -1.21. The number of alkyl halides is 3. The first-order valence-electron chi connectivity index (χ1n) is 7.99. The highest BCUT2D eigenvalue weighted by Gasteiger charge is 2.30. The molecule has 2 rings (SSSR count). The molecule has 0 saturated heterocycles. The van der Waals surface area contributed by atoms with Crippen molar-refractivity contribution >= 4 is 11.8 Å². The van der Waals surface area contributed by atoms with Gasteiger partial charge in [-0.05, 0) is 49.7 Å². The number of hydrogen-bond donors (Lipinski definition) is 3. The lowest BCUT2D eigenvalue weighted by atomic mass is 10.1. The minimum Gasteiger partial charge on any atom is -0.350 e. The van der Waals surface area contributed by atoms with Crippen LogP contribution in [0.15, 0.2) is 35.1 Å². The number of nitrogens with one attached hydrogen (secondary N) is 3. The first-order chi connectivity index (χ1) is 12.6. The van der Waals surface area contributed by atoms with Crippen molar-refractivity contribution < 1.29 is 22.8 Å². The summed E-state index contributed by atoms with van der Waals surface area (Å²) in [7, 11) is 0. The van der Waals surface area contributed by atoms with Crippen molar-refractivity contribution in [2.24, 2.45) is 0 Å². The van der Waals surface area contributed by atoms with Crippen molar-refractivity contribution in [2.45, 2.75) is 26.6 Å². The monoisotopic (exact) mass is 381 g/mol. The number of amides is 2. The molecule has 0 fully saturated rings. The van der Waals surface area contributed by atoms with Crippen LogP contribution in [0.2, 0.25) is 0 Å². The van der Waals surface area contributed by atoms with Crippen LogP contribution in [0, 0.1) is 13.8 Å². The third-order valence-electron chi connectivity index (χ3n) is 3.84. The van der Waals surface area contributed by atoms with E-state index in [9.17, 15) is 27.6 Å². The topological polar surface area (TPSA) is 91.1 Å². The zero-order valence-corrected chi connectivity index (χ0v) is 14.7. The Bertz CT molecular complexity index is 903. The van der Waals surface area contributed by atoms with E-state index in [0.29, 0.717) is 11.3 Å². The molecule has 0 unspecified atom stereocenters. The van der Waals surface area contributed by atoms with Crippen molar-refractivity contribution in [3.63, 3.8) is 0 Å². The van der Waals surface area contributed by atoms with Crippen LogP contribution in [0.5, 0.6) is 0 Å². The number of carbonyl (C=O) groups excluding carboxylic acids is 2. The summed E-state index contributed by atoms with van der Waals surface area (Å²) in [6.07, 6.45) is -4.49. The molecule has 2 aromatic rings. The Kier molecular flexibility index (Phi) is 6.04. The molecule has 2 amide bonds. The summed E-state index contributed by atoms with van der Waals surface area (Å²) in [6, 6.07) is 5.43. The van der Waals surface area contributed by atoms with Crippen LogP contribution in [0.1, 0.15) is 32.7 Å². The predicted molar refractivity (Wildman–Crippen MR) is 92.2 cm³/mol. The van der Waals surface area contributed by atoms with E-state index in [2.05, 4.69) is 15.6 Å². The number of aryl methyl sites for hydroxylation is 2. The number of pyridine rings is 1. The number of hydrogen-bond acceptors (Lipinski definition) is 3. The van der Waals surface area contributed by atoms with Gasteiger partial charge < -0.3 is 15.6 Å². The number of benzene rings is 1. The van der Waals surface area contributed by atoms with Gasteiger partial charge in [-0.3, -0.25) is 14.4 Å². The molecule has 1 aromatic carbocycles. The van der Waals surface area contributed by atoms with Crippen LogP contribution < -0.4 is 16.2 Å². The van der Waals surface area contributed by atoms with Gasteiger partial charge in [-0.25, -0.2) is 0 Å². The Morgan fingerprint density at radius 2 is 1.70 bits per heavy atom. The standard InChI is InChI=1S/C18H18F3N3O3/c1-10-7-11(2)24-17(27)14(10)8-22-15(25)9-23-16(26)12-3-5-13(6-4-12)18(19,20)21/h3-7H,8-9H2,1-2H3,(H,22,25)(H,23,26)(H,24,27). The van der Waals surface area contributed by atoms with E-state index < -0.39 is 23.6 Å². The van der Waals surface area contributed by atoms with Crippen molar-refractivity contribution in [3.8, 4) is 0 Å². The molecule has 0 aliphatic rings. The number of carbonyl (C=O) groups is 2. The molecule has 9 heteroatoms. The van der Waals surface area contributed by atoms with Crippen molar-refractivity contribution in [1.82, 2.24) is 15.6 Å². The molecule has 1 heterocycles. The van der Waals surface area contributed by atoms with E-state index in [1.54, 1.807) is 19.9 Å². The van der Waals surface area contributed by atoms with Crippen LogP contribution in [-0.2, 0) is 17.5 Å². The Labute approximate surface area is 152 Å². The largest absolute Gasteiger partial charge is 0.416 e. The average molecular weight is 381 g/mol. The molecule has 0 saturated carbocycles. The molecule has 3 N–H and O–H groups in total. The van der Waals surface area contributed by atoms with E-state index in [4.69, 9.17) is 0 Å². The van der Waals surface area contributed by atoms with Crippen LogP contribution >= 0.6 is 0 Å². The van der Waals surface area contributed by atoms with Gasteiger partial charge >= 0.3 is 6.18 Å². The molecule has 0 atom stereocenters. The van der Waals surface area contributed by atoms with E-state index in [1.807, 2.05) is 0 Å². The lowest BCUT2D eigenvalue weighted by Crippen LogP contribution is -2.37. The van der Waals surface area contributed by atoms with Gasteiger partial charge in [-0.1, -0.05) is 0 Å². The molecular weight excluding hydrogens is 363 g/mol. The fourth-order valence-corrected chi connectivity index (χ4v) is 2.42. The van der Waals surface area contributed by atoms with Gasteiger partial charge in [0.1, 0.15) is 0 Å². The summed E-state index contributed by atoms with van der Waals surface area (Å²) in [5.41, 5.74) is 0.670. The predicted octanol–water partition coefficient (Wildman–Crippen LogP) is 2.06. The fraction of sp³-hybridized carbons (Fsp3) is 0.278. The van der Waals surface area contributed by atoms with Gasteiger partial charge in [-0.2, -0.15) is 13.2 Å². The van der Waals surface area contributed by atoms with Gasteiger partial charge in [0.2, 0.25) is 5.91 Å². The Balaban J connectivity index is 1.88. The summed E-state index contributed by atoms with van der Waals surface area (Å²) in [6.45, 7) is 3.11. The summed E-state index contributed by atoms with van der Waals surface area (Å²) in [4.78, 5) is 38.2. The number of aromatic amines is 1. The second-order valence-corrected chi connectivity index (χ2v) is 5.98. The molecule has 1 aromatic heterocycles. The number of halogens is 3. The van der Waals surface area contributed by atoms with Crippen LogP contribution in [0.3, 0.4) is 0 Å². The van der Waals surface area contributed by atoms with Gasteiger partial charge in [0.05, 0.1) is 12.1 Å². The number of aromatic nitrogens is 1. The zero-order valence-electron chi connectivity index (χ0n) is 14.7. The molecule has 6 nitrogen and oxygen atoms in total. The van der Waals surface area contributed by atoms with Gasteiger partial charge in [0, 0.05) is 23.4 Å². The zero-order chi connectivity index (χ0) is 20.2. The highest BCUT2D eigenvalue weighted by Crippen LogP contribution is 2.29. The number of rotatable bonds is 5. The molecule has 0 radical (unpaired) electrons. The van der Waals surface area contributed by atoms with Crippen molar-refractivity contribution in [1.29, 1.82) is 0 Å². The third kappa shape index (κ3) is 5.44.